The van der Waals surface area contributed by atoms with Gasteiger partial charge in [0.15, 0.2) is 0 Å². The van der Waals surface area contributed by atoms with Gasteiger partial charge in [-0.1, -0.05) is 11.6 Å². The molecule has 27 heavy (non-hydrogen) atoms. The van der Waals surface area contributed by atoms with Crippen LogP contribution in [0.25, 0.3) is 0 Å². The maximum Gasteiger partial charge on any atom is 0.289 e. The number of carbonyl (C=O) groups is 1. The summed E-state index contributed by atoms with van der Waals surface area (Å²) in [6.07, 6.45) is -0.161. The van der Waals surface area contributed by atoms with E-state index in [2.05, 4.69) is 10.0 Å². The number of rotatable bonds is 8. The Bertz CT molecular complexity index is 947. The molecule has 0 bridgehead atoms. The van der Waals surface area contributed by atoms with Crippen LogP contribution in [0.5, 0.6) is 5.75 Å². The third kappa shape index (κ3) is 5.64. The molecule has 2 aromatic carbocycles. The summed E-state index contributed by atoms with van der Waals surface area (Å²) in [5.41, 5.74) is -0.149. The van der Waals surface area contributed by atoms with Gasteiger partial charge in [0, 0.05) is 24.7 Å². The summed E-state index contributed by atoms with van der Waals surface area (Å²) in [5.74, 6) is 0.00874. The molecule has 0 saturated heterocycles. The molecule has 2 aromatic rings. The molecule has 0 atom stereocenters. The number of nitro benzene ring substituents is 1. The van der Waals surface area contributed by atoms with Gasteiger partial charge < -0.3 is 10.1 Å². The van der Waals surface area contributed by atoms with Gasteiger partial charge in [-0.15, -0.1) is 0 Å². The first kappa shape index (κ1) is 20.6. The minimum absolute atomic E-state index is 0.0389. The Kier molecular flexibility index (Phi) is 6.72. The Balaban J connectivity index is 1.91. The van der Waals surface area contributed by atoms with E-state index in [0.29, 0.717) is 5.75 Å². The predicted molar refractivity (Wildman–Crippen MR) is 99.5 cm³/mol. The number of nitrogens with zero attached hydrogens (tertiary/aromatic N) is 1. The van der Waals surface area contributed by atoms with E-state index in [1.165, 1.54) is 43.5 Å². The molecular formula is C16H16ClN3O6S. The molecule has 9 nitrogen and oxygen atoms in total. The smallest absolute Gasteiger partial charge is 0.289 e. The molecule has 0 radical (unpaired) electrons. The lowest BCUT2D eigenvalue weighted by Gasteiger charge is -2.08. The van der Waals surface area contributed by atoms with Crippen molar-refractivity contribution in [3.63, 3.8) is 0 Å². The molecule has 11 heteroatoms. The molecule has 1 amide bonds. The second kappa shape index (κ2) is 8.80. The summed E-state index contributed by atoms with van der Waals surface area (Å²) in [6.45, 7) is -0.143. The van der Waals surface area contributed by atoms with Crippen LogP contribution in [0.3, 0.4) is 0 Å². The number of benzene rings is 2. The largest absolute Gasteiger partial charge is 0.497 e. The van der Waals surface area contributed by atoms with Crippen LogP contribution in [-0.4, -0.2) is 32.9 Å². The Morgan fingerprint density at radius 2 is 1.89 bits per heavy atom. The van der Waals surface area contributed by atoms with Gasteiger partial charge >= 0.3 is 0 Å². The number of carbonyl (C=O) groups excluding carboxylic acids is 1. The topological polar surface area (TPSA) is 128 Å². The highest BCUT2D eigenvalue weighted by Crippen LogP contribution is 2.27. The van der Waals surface area contributed by atoms with Crippen LogP contribution in [0.1, 0.15) is 6.42 Å². The number of nitrogens with one attached hydrogen (secondary N) is 2. The quantitative estimate of drug-likeness (QED) is 0.505. The van der Waals surface area contributed by atoms with Crippen molar-refractivity contribution in [3.8, 4) is 5.75 Å². The number of methoxy groups -OCH3 is 1. The second-order valence-corrected chi connectivity index (χ2v) is 7.47. The fraction of sp³-hybridized carbons (Fsp3) is 0.188. The summed E-state index contributed by atoms with van der Waals surface area (Å²) < 4.78 is 31.6. The number of nitro groups is 1. The van der Waals surface area contributed by atoms with E-state index in [-0.39, 0.29) is 34.3 Å². The predicted octanol–water partition coefficient (Wildman–Crippen LogP) is 2.56. The van der Waals surface area contributed by atoms with Crippen LogP contribution in [0.2, 0.25) is 5.02 Å². The minimum Gasteiger partial charge on any atom is -0.497 e. The van der Waals surface area contributed by atoms with Crippen LogP contribution >= 0.6 is 11.6 Å². The average Bonchev–Trinajstić information content (AvgIpc) is 2.63. The molecule has 0 fully saturated rings. The second-order valence-electron chi connectivity index (χ2n) is 5.29. The molecule has 0 aliphatic heterocycles. The van der Waals surface area contributed by atoms with Gasteiger partial charge in [0.1, 0.15) is 10.8 Å². The van der Waals surface area contributed by atoms with Crippen molar-refractivity contribution in [2.45, 2.75) is 11.3 Å². The van der Waals surface area contributed by atoms with Gasteiger partial charge in [-0.3, -0.25) is 14.9 Å². The fourth-order valence-corrected chi connectivity index (χ4v) is 3.31. The van der Waals surface area contributed by atoms with E-state index >= 15 is 0 Å². The molecule has 2 rings (SSSR count). The summed E-state index contributed by atoms with van der Waals surface area (Å²) >= 11 is 5.70. The monoisotopic (exact) mass is 413 g/mol. The Labute approximate surface area is 160 Å². The molecular weight excluding hydrogens is 398 g/mol. The van der Waals surface area contributed by atoms with Crippen LogP contribution in [0.15, 0.2) is 47.4 Å². The molecule has 2 N–H and O–H groups in total. The van der Waals surface area contributed by atoms with Crippen molar-refractivity contribution in [2.24, 2.45) is 0 Å². The summed E-state index contributed by atoms with van der Waals surface area (Å²) in [4.78, 5) is 22.1. The Morgan fingerprint density at radius 3 is 2.48 bits per heavy atom. The Hall–Kier alpha value is -2.69. The molecule has 0 aromatic heterocycles. The maximum atomic E-state index is 12.2. The summed E-state index contributed by atoms with van der Waals surface area (Å²) in [7, 11) is -2.30. The van der Waals surface area contributed by atoms with Crippen molar-refractivity contribution in [2.75, 3.05) is 19.0 Å². The maximum absolute atomic E-state index is 12.2. The van der Waals surface area contributed by atoms with E-state index in [1.54, 1.807) is 0 Å². The molecule has 0 spiro atoms. The van der Waals surface area contributed by atoms with Gasteiger partial charge in [-0.25, -0.2) is 13.1 Å². The SMILES string of the molecule is COc1ccc(S(=O)(=O)NCCC(=O)Nc2ccc(Cl)c([N+](=O)[O-])c2)cc1. The van der Waals surface area contributed by atoms with Gasteiger partial charge in [0.2, 0.25) is 15.9 Å². The number of hydrogen-bond donors (Lipinski definition) is 2. The number of hydrogen-bond acceptors (Lipinski definition) is 6. The van der Waals surface area contributed by atoms with Crippen LogP contribution in [0.4, 0.5) is 11.4 Å². The minimum atomic E-state index is -3.77. The normalized spacial score (nSPS) is 11.0. The van der Waals surface area contributed by atoms with E-state index in [4.69, 9.17) is 16.3 Å². The zero-order valence-corrected chi connectivity index (χ0v) is 15.7. The van der Waals surface area contributed by atoms with Crippen LogP contribution in [-0.2, 0) is 14.8 Å². The third-order valence-corrected chi connectivity index (χ3v) is 5.24. The number of amides is 1. The van der Waals surface area contributed by atoms with Crippen molar-refractivity contribution < 1.29 is 22.9 Å². The van der Waals surface area contributed by atoms with E-state index in [0.717, 1.165) is 6.07 Å². The molecule has 0 aliphatic carbocycles. The van der Waals surface area contributed by atoms with E-state index < -0.39 is 20.9 Å². The van der Waals surface area contributed by atoms with Crippen LogP contribution < -0.4 is 14.8 Å². The van der Waals surface area contributed by atoms with Crippen molar-refractivity contribution in [1.29, 1.82) is 0 Å². The first-order valence-electron chi connectivity index (χ1n) is 7.60. The Morgan fingerprint density at radius 1 is 1.22 bits per heavy atom. The van der Waals surface area contributed by atoms with Crippen molar-refractivity contribution >= 4 is 38.9 Å². The summed E-state index contributed by atoms with van der Waals surface area (Å²) in [6, 6.07) is 9.61. The number of anilines is 1. The van der Waals surface area contributed by atoms with Gasteiger partial charge in [-0.05, 0) is 36.4 Å². The fourth-order valence-electron chi connectivity index (χ4n) is 2.09. The molecule has 0 heterocycles. The van der Waals surface area contributed by atoms with Gasteiger partial charge in [0.05, 0.1) is 16.9 Å². The van der Waals surface area contributed by atoms with E-state index in [1.807, 2.05) is 0 Å². The molecule has 144 valence electrons. The van der Waals surface area contributed by atoms with Crippen molar-refractivity contribution in [1.82, 2.24) is 4.72 Å². The van der Waals surface area contributed by atoms with Crippen LogP contribution in [0, 0.1) is 10.1 Å². The number of sulfonamides is 1. The first-order valence-corrected chi connectivity index (χ1v) is 9.46. The standard InChI is InChI=1S/C16H16ClN3O6S/c1-26-12-3-5-13(6-4-12)27(24,25)18-9-8-16(21)19-11-2-7-14(17)15(10-11)20(22)23/h2-7,10,18H,8-9H2,1H3,(H,19,21). The molecule has 0 unspecified atom stereocenters. The van der Waals surface area contributed by atoms with Gasteiger partial charge in [0.25, 0.3) is 5.69 Å². The number of halogens is 1. The third-order valence-electron chi connectivity index (χ3n) is 3.44. The lowest BCUT2D eigenvalue weighted by molar-refractivity contribution is -0.384. The summed E-state index contributed by atoms with van der Waals surface area (Å²) in [5, 5.41) is 13.2. The highest BCUT2D eigenvalue weighted by Gasteiger charge is 2.16. The average molecular weight is 414 g/mol. The number of ether oxygens (including phenoxy) is 1. The highest BCUT2D eigenvalue weighted by molar-refractivity contribution is 7.89. The van der Waals surface area contributed by atoms with E-state index in [9.17, 15) is 23.3 Å². The van der Waals surface area contributed by atoms with Crippen molar-refractivity contribution in [3.05, 3.63) is 57.6 Å². The first-order chi connectivity index (χ1) is 12.7. The lowest BCUT2D eigenvalue weighted by Crippen LogP contribution is -2.27. The highest BCUT2D eigenvalue weighted by atomic mass is 35.5. The zero-order chi connectivity index (χ0) is 20.0. The molecule has 0 aliphatic rings. The van der Waals surface area contributed by atoms with Gasteiger partial charge in [-0.2, -0.15) is 0 Å². The molecule has 0 saturated carbocycles. The lowest BCUT2D eigenvalue weighted by atomic mass is 10.2. The zero-order valence-electron chi connectivity index (χ0n) is 14.1.